The number of nitrogens with one attached hydrogen (secondary N) is 1. The summed E-state index contributed by atoms with van der Waals surface area (Å²) in [6, 6.07) is -0.678. The van der Waals surface area contributed by atoms with E-state index in [-0.39, 0.29) is 19.8 Å². The molecular formula is C10H12N4O4. The van der Waals surface area contributed by atoms with Crippen LogP contribution in [0.1, 0.15) is 6.42 Å². The zero-order chi connectivity index (χ0) is 13.3. The Balaban J connectivity index is 2.06. The van der Waals surface area contributed by atoms with E-state index < -0.39 is 29.7 Å². The Bertz CT molecular complexity index is 441. The summed E-state index contributed by atoms with van der Waals surface area (Å²) in [6.07, 6.45) is 2.19. The van der Waals surface area contributed by atoms with Crippen LogP contribution < -0.4 is 11.1 Å². The van der Waals surface area contributed by atoms with E-state index in [4.69, 9.17) is 5.73 Å². The highest BCUT2D eigenvalue weighted by Crippen LogP contribution is 2.15. The van der Waals surface area contributed by atoms with Gasteiger partial charge >= 0.3 is 0 Å². The summed E-state index contributed by atoms with van der Waals surface area (Å²) >= 11 is 0. The highest BCUT2D eigenvalue weighted by atomic mass is 16.2. The van der Waals surface area contributed by atoms with Crippen LogP contribution in [0.15, 0.2) is 12.2 Å². The molecule has 1 unspecified atom stereocenters. The van der Waals surface area contributed by atoms with Gasteiger partial charge in [-0.2, -0.15) is 0 Å². The predicted molar refractivity (Wildman–Crippen MR) is 58.3 cm³/mol. The summed E-state index contributed by atoms with van der Waals surface area (Å²) < 4.78 is 0. The lowest BCUT2D eigenvalue weighted by atomic mass is 10.2. The first-order valence-corrected chi connectivity index (χ1v) is 5.36. The van der Waals surface area contributed by atoms with Crippen molar-refractivity contribution in [3.8, 4) is 0 Å². The first kappa shape index (κ1) is 12.4. The van der Waals surface area contributed by atoms with Crippen LogP contribution in [-0.4, -0.2) is 52.8 Å². The van der Waals surface area contributed by atoms with Crippen LogP contribution in [0.4, 0.5) is 0 Å². The number of hydrogen-bond acceptors (Lipinski definition) is 6. The van der Waals surface area contributed by atoms with Gasteiger partial charge in [-0.25, -0.2) is 0 Å². The van der Waals surface area contributed by atoms with Gasteiger partial charge in [0.05, 0.1) is 12.5 Å². The van der Waals surface area contributed by atoms with Crippen molar-refractivity contribution in [3.63, 3.8) is 0 Å². The molecule has 18 heavy (non-hydrogen) atoms. The fourth-order valence-electron chi connectivity index (χ4n) is 1.85. The van der Waals surface area contributed by atoms with Gasteiger partial charge in [0.2, 0.25) is 11.8 Å². The third kappa shape index (κ3) is 2.03. The Labute approximate surface area is 102 Å². The van der Waals surface area contributed by atoms with Crippen molar-refractivity contribution >= 4 is 23.6 Å². The molecular weight excluding hydrogens is 240 g/mol. The fourth-order valence-corrected chi connectivity index (χ4v) is 1.85. The van der Waals surface area contributed by atoms with Crippen molar-refractivity contribution < 1.29 is 19.2 Å². The molecule has 0 aliphatic carbocycles. The van der Waals surface area contributed by atoms with Gasteiger partial charge in [0.15, 0.2) is 0 Å². The normalized spacial score (nSPS) is 23.7. The maximum atomic E-state index is 11.8. The van der Waals surface area contributed by atoms with Gasteiger partial charge in [0.25, 0.3) is 11.8 Å². The Morgan fingerprint density at radius 1 is 1.17 bits per heavy atom. The molecule has 0 aromatic rings. The Kier molecular flexibility index (Phi) is 3.21. The van der Waals surface area contributed by atoms with E-state index in [9.17, 15) is 19.2 Å². The number of rotatable bonds is 4. The van der Waals surface area contributed by atoms with Crippen LogP contribution in [0.2, 0.25) is 0 Å². The average Bonchev–Trinajstić information content (AvgIpc) is 2.77. The lowest BCUT2D eigenvalue weighted by Gasteiger charge is -2.21. The summed E-state index contributed by atoms with van der Waals surface area (Å²) in [5.74, 6) is -1.97. The largest absolute Gasteiger partial charge is 0.318 e. The highest BCUT2D eigenvalue weighted by molar-refractivity contribution is 6.13. The number of hydrogen-bond donors (Lipinski definition) is 2. The van der Waals surface area contributed by atoms with Crippen molar-refractivity contribution in [1.29, 1.82) is 0 Å². The second-order valence-corrected chi connectivity index (χ2v) is 3.90. The van der Waals surface area contributed by atoms with E-state index in [0.717, 1.165) is 22.0 Å². The van der Waals surface area contributed by atoms with Crippen LogP contribution in [0, 0.1) is 0 Å². The lowest BCUT2D eigenvalue weighted by Crippen LogP contribution is -2.46. The Morgan fingerprint density at radius 2 is 1.78 bits per heavy atom. The van der Waals surface area contributed by atoms with Gasteiger partial charge in [0.1, 0.15) is 6.67 Å². The number of likely N-dealkylation sites (tertiary alicyclic amines) is 1. The maximum Gasteiger partial charge on any atom is 0.255 e. The Hall–Kier alpha value is -2.06. The third-order valence-electron chi connectivity index (χ3n) is 2.79. The third-order valence-corrected chi connectivity index (χ3v) is 2.79. The molecule has 2 aliphatic rings. The number of nitrogens with zero attached hydrogens (tertiary/aromatic N) is 2. The van der Waals surface area contributed by atoms with Crippen molar-refractivity contribution in [2.45, 2.75) is 12.5 Å². The van der Waals surface area contributed by atoms with Crippen molar-refractivity contribution in [2.24, 2.45) is 5.73 Å². The van der Waals surface area contributed by atoms with Crippen molar-refractivity contribution in [1.82, 2.24) is 15.1 Å². The molecule has 8 heteroatoms. The maximum absolute atomic E-state index is 11.8. The van der Waals surface area contributed by atoms with E-state index in [0.29, 0.717) is 0 Å². The van der Waals surface area contributed by atoms with Crippen LogP contribution in [-0.2, 0) is 19.2 Å². The SMILES string of the molecule is NCNC1CC(=O)N(CN2C(=O)C=CC2=O)C1=O. The summed E-state index contributed by atoms with van der Waals surface area (Å²) in [6.45, 7) is -0.272. The molecule has 2 rings (SSSR count). The van der Waals surface area contributed by atoms with E-state index >= 15 is 0 Å². The quantitative estimate of drug-likeness (QED) is 0.422. The number of carbonyl (C=O) groups is 4. The molecule has 0 saturated carbocycles. The van der Waals surface area contributed by atoms with Gasteiger partial charge in [-0.15, -0.1) is 0 Å². The topological polar surface area (TPSA) is 113 Å². The van der Waals surface area contributed by atoms with Crippen LogP contribution in [0.25, 0.3) is 0 Å². The number of amides is 4. The van der Waals surface area contributed by atoms with E-state index in [2.05, 4.69) is 5.32 Å². The summed E-state index contributed by atoms with van der Waals surface area (Å²) in [5.41, 5.74) is 5.25. The van der Waals surface area contributed by atoms with Gasteiger partial charge in [-0.1, -0.05) is 0 Å². The minimum Gasteiger partial charge on any atom is -0.318 e. The minimum absolute atomic E-state index is 0.0142. The molecule has 2 heterocycles. The first-order chi connectivity index (χ1) is 8.54. The summed E-state index contributed by atoms with van der Waals surface area (Å²) in [5, 5.41) is 2.66. The minimum atomic E-state index is -0.678. The monoisotopic (exact) mass is 252 g/mol. The molecule has 96 valence electrons. The molecule has 2 aliphatic heterocycles. The summed E-state index contributed by atoms with van der Waals surface area (Å²) in [7, 11) is 0. The molecule has 1 fully saturated rings. The molecule has 8 nitrogen and oxygen atoms in total. The molecule has 3 N–H and O–H groups in total. The zero-order valence-corrected chi connectivity index (χ0v) is 9.46. The molecule has 1 atom stereocenters. The number of nitrogens with two attached hydrogens (primary N) is 1. The molecule has 0 bridgehead atoms. The van der Waals surface area contributed by atoms with Crippen LogP contribution >= 0.6 is 0 Å². The molecule has 0 radical (unpaired) electrons. The van der Waals surface area contributed by atoms with E-state index in [1.165, 1.54) is 0 Å². The molecule has 4 amide bonds. The average molecular weight is 252 g/mol. The second-order valence-electron chi connectivity index (χ2n) is 3.90. The smallest absolute Gasteiger partial charge is 0.255 e. The van der Waals surface area contributed by atoms with Crippen LogP contribution in [0.5, 0.6) is 0 Å². The second kappa shape index (κ2) is 4.67. The van der Waals surface area contributed by atoms with E-state index in [1.807, 2.05) is 0 Å². The van der Waals surface area contributed by atoms with Gasteiger partial charge in [-0.3, -0.25) is 34.3 Å². The fraction of sp³-hybridized carbons (Fsp3) is 0.400. The molecule has 0 aromatic heterocycles. The van der Waals surface area contributed by atoms with E-state index in [1.54, 1.807) is 0 Å². The zero-order valence-electron chi connectivity index (χ0n) is 9.46. The van der Waals surface area contributed by atoms with Crippen molar-refractivity contribution in [3.05, 3.63) is 12.2 Å². The highest BCUT2D eigenvalue weighted by Gasteiger charge is 2.40. The molecule has 1 saturated heterocycles. The molecule has 0 spiro atoms. The van der Waals surface area contributed by atoms with Crippen LogP contribution in [0.3, 0.4) is 0 Å². The van der Waals surface area contributed by atoms with Crippen molar-refractivity contribution in [2.75, 3.05) is 13.3 Å². The van der Waals surface area contributed by atoms with Gasteiger partial charge in [-0.05, 0) is 0 Å². The molecule has 0 aromatic carbocycles. The van der Waals surface area contributed by atoms with Gasteiger partial charge in [0, 0.05) is 18.8 Å². The number of imide groups is 2. The number of carbonyl (C=O) groups excluding carboxylic acids is 4. The Morgan fingerprint density at radius 3 is 2.33 bits per heavy atom. The standard InChI is InChI=1S/C10H12N4O4/c11-4-12-6-3-9(17)14(10(6)18)5-13-7(15)1-2-8(13)16/h1-2,6,12H,3-5,11H2. The summed E-state index contributed by atoms with van der Waals surface area (Å²) in [4.78, 5) is 47.8. The first-order valence-electron chi connectivity index (χ1n) is 5.36. The van der Waals surface area contributed by atoms with Gasteiger partial charge < -0.3 is 5.73 Å². The predicted octanol–water partition coefficient (Wildman–Crippen LogP) is -2.50. The lowest BCUT2D eigenvalue weighted by molar-refractivity contribution is -0.146.